The molecule has 2 nitrogen and oxygen atoms in total. The Morgan fingerprint density at radius 3 is 2.79 bits per heavy atom. The number of halogens is 1. The lowest BCUT2D eigenvalue weighted by Gasteiger charge is -2.06. The largest absolute Gasteiger partial charge is 0.496 e. The summed E-state index contributed by atoms with van der Waals surface area (Å²) in [6, 6.07) is 8.18. The van der Waals surface area contributed by atoms with Gasteiger partial charge in [0.05, 0.1) is 7.11 Å². The first-order chi connectivity index (χ1) is 6.81. The Kier molecular flexibility index (Phi) is 2.23. The third-order valence-electron chi connectivity index (χ3n) is 2.05. The van der Waals surface area contributed by atoms with Crippen molar-refractivity contribution in [1.82, 2.24) is 4.98 Å². The van der Waals surface area contributed by atoms with E-state index in [9.17, 15) is 4.39 Å². The van der Waals surface area contributed by atoms with E-state index in [1.807, 2.05) is 12.1 Å². The van der Waals surface area contributed by atoms with Crippen molar-refractivity contribution in [2.24, 2.45) is 0 Å². The van der Waals surface area contributed by atoms with Crippen LogP contribution >= 0.6 is 0 Å². The van der Waals surface area contributed by atoms with Crippen LogP contribution in [0.5, 0.6) is 5.75 Å². The molecule has 0 saturated carbocycles. The highest BCUT2D eigenvalue weighted by Gasteiger charge is 2.06. The van der Waals surface area contributed by atoms with Crippen molar-refractivity contribution in [2.45, 2.75) is 0 Å². The van der Waals surface area contributed by atoms with E-state index in [1.54, 1.807) is 19.4 Å². The number of hydrogen-bond donors (Lipinski definition) is 1. The summed E-state index contributed by atoms with van der Waals surface area (Å²) in [5.41, 5.74) is 1.58. The van der Waals surface area contributed by atoms with Crippen molar-refractivity contribution in [1.29, 1.82) is 0 Å². The number of benzene rings is 1. The molecule has 0 fully saturated rings. The van der Waals surface area contributed by atoms with E-state index in [0.29, 0.717) is 5.75 Å². The molecule has 0 spiro atoms. The fourth-order valence-electron chi connectivity index (χ4n) is 1.39. The third-order valence-corrected chi connectivity index (χ3v) is 2.05. The SMILES string of the molecule is COc1ccc(F)cc1-c1ccc[nH]1. The Bertz CT molecular complexity index is 423. The molecule has 0 aliphatic carbocycles. The van der Waals surface area contributed by atoms with Gasteiger partial charge in [0.1, 0.15) is 11.6 Å². The van der Waals surface area contributed by atoms with Crippen LogP contribution < -0.4 is 4.74 Å². The molecule has 0 unspecified atom stereocenters. The minimum absolute atomic E-state index is 0.268. The standard InChI is InChI=1S/C11H10FNO/c1-14-11-5-4-8(12)7-9(11)10-3-2-6-13-10/h2-7,13H,1H3. The molecule has 0 amide bonds. The smallest absolute Gasteiger partial charge is 0.128 e. The van der Waals surface area contributed by atoms with Crippen LogP contribution in [0.4, 0.5) is 4.39 Å². The van der Waals surface area contributed by atoms with E-state index in [-0.39, 0.29) is 5.82 Å². The van der Waals surface area contributed by atoms with Crippen LogP contribution in [0.3, 0.4) is 0 Å². The monoisotopic (exact) mass is 191 g/mol. The van der Waals surface area contributed by atoms with Crippen LogP contribution in [0.1, 0.15) is 0 Å². The topological polar surface area (TPSA) is 25.0 Å². The van der Waals surface area contributed by atoms with Crippen molar-refractivity contribution in [3.05, 3.63) is 42.3 Å². The Morgan fingerprint density at radius 2 is 2.14 bits per heavy atom. The molecule has 3 heteroatoms. The average molecular weight is 191 g/mol. The Morgan fingerprint density at radius 1 is 1.29 bits per heavy atom. The molecular formula is C11H10FNO. The highest BCUT2D eigenvalue weighted by Crippen LogP contribution is 2.28. The van der Waals surface area contributed by atoms with Gasteiger partial charge in [0.15, 0.2) is 0 Å². The van der Waals surface area contributed by atoms with Crippen molar-refractivity contribution < 1.29 is 9.13 Å². The van der Waals surface area contributed by atoms with Gasteiger partial charge in [-0.25, -0.2) is 4.39 Å². The van der Waals surface area contributed by atoms with Gasteiger partial charge in [-0.1, -0.05) is 0 Å². The lowest BCUT2D eigenvalue weighted by atomic mass is 10.1. The maximum absolute atomic E-state index is 13.0. The maximum atomic E-state index is 13.0. The van der Waals surface area contributed by atoms with Crippen LogP contribution in [-0.4, -0.2) is 12.1 Å². The van der Waals surface area contributed by atoms with Gasteiger partial charge in [-0.2, -0.15) is 0 Å². The Balaban J connectivity index is 2.55. The first-order valence-electron chi connectivity index (χ1n) is 4.28. The summed E-state index contributed by atoms with van der Waals surface area (Å²) in [5, 5.41) is 0. The zero-order valence-electron chi connectivity index (χ0n) is 7.75. The van der Waals surface area contributed by atoms with E-state index in [0.717, 1.165) is 11.3 Å². The highest BCUT2D eigenvalue weighted by molar-refractivity contribution is 5.67. The van der Waals surface area contributed by atoms with Crippen molar-refractivity contribution in [3.8, 4) is 17.0 Å². The summed E-state index contributed by atoms with van der Waals surface area (Å²) >= 11 is 0. The van der Waals surface area contributed by atoms with Crippen molar-refractivity contribution in [2.75, 3.05) is 7.11 Å². The zero-order valence-corrected chi connectivity index (χ0v) is 7.75. The fourth-order valence-corrected chi connectivity index (χ4v) is 1.39. The molecule has 0 radical (unpaired) electrons. The van der Waals surface area contributed by atoms with Gasteiger partial charge in [-0.3, -0.25) is 0 Å². The summed E-state index contributed by atoms with van der Waals surface area (Å²) in [6.07, 6.45) is 1.79. The number of hydrogen-bond acceptors (Lipinski definition) is 1. The lowest BCUT2D eigenvalue weighted by Crippen LogP contribution is -1.88. The van der Waals surface area contributed by atoms with E-state index < -0.39 is 0 Å². The van der Waals surface area contributed by atoms with Crippen molar-refractivity contribution in [3.63, 3.8) is 0 Å². The van der Waals surface area contributed by atoms with Gasteiger partial charge in [0.2, 0.25) is 0 Å². The number of methoxy groups -OCH3 is 1. The van der Waals surface area contributed by atoms with Gasteiger partial charge in [-0.15, -0.1) is 0 Å². The second kappa shape index (κ2) is 3.54. The van der Waals surface area contributed by atoms with Gasteiger partial charge in [0, 0.05) is 17.5 Å². The molecule has 1 aromatic heterocycles. The van der Waals surface area contributed by atoms with E-state index in [1.165, 1.54) is 12.1 Å². The minimum atomic E-state index is -0.268. The molecule has 14 heavy (non-hydrogen) atoms. The molecule has 1 aromatic carbocycles. The zero-order chi connectivity index (χ0) is 9.97. The number of rotatable bonds is 2. The molecule has 0 saturated heterocycles. The first-order valence-corrected chi connectivity index (χ1v) is 4.28. The molecule has 0 aliphatic rings. The number of aromatic amines is 1. The first kappa shape index (κ1) is 8.81. The summed E-state index contributed by atoms with van der Waals surface area (Å²) in [7, 11) is 1.57. The molecule has 1 N–H and O–H groups in total. The average Bonchev–Trinajstić information content (AvgIpc) is 2.70. The van der Waals surface area contributed by atoms with Gasteiger partial charge < -0.3 is 9.72 Å². The molecule has 2 aromatic rings. The van der Waals surface area contributed by atoms with Gasteiger partial charge >= 0.3 is 0 Å². The van der Waals surface area contributed by atoms with E-state index >= 15 is 0 Å². The van der Waals surface area contributed by atoms with Crippen LogP contribution in [0.25, 0.3) is 11.3 Å². The number of H-pyrrole nitrogens is 1. The maximum Gasteiger partial charge on any atom is 0.128 e. The molecule has 72 valence electrons. The molecule has 0 bridgehead atoms. The van der Waals surface area contributed by atoms with Crippen LogP contribution in [0, 0.1) is 5.82 Å². The summed E-state index contributed by atoms with van der Waals surface area (Å²) in [5.74, 6) is 0.393. The number of ether oxygens (including phenoxy) is 1. The number of nitrogens with one attached hydrogen (secondary N) is 1. The third kappa shape index (κ3) is 1.48. The van der Waals surface area contributed by atoms with E-state index in [2.05, 4.69) is 4.98 Å². The van der Waals surface area contributed by atoms with Crippen LogP contribution in [-0.2, 0) is 0 Å². The van der Waals surface area contributed by atoms with Gasteiger partial charge in [-0.05, 0) is 30.3 Å². The van der Waals surface area contributed by atoms with Crippen molar-refractivity contribution >= 4 is 0 Å². The summed E-state index contributed by atoms with van der Waals surface area (Å²) < 4.78 is 18.1. The molecule has 2 rings (SSSR count). The quantitative estimate of drug-likeness (QED) is 0.775. The predicted octanol–water partition coefficient (Wildman–Crippen LogP) is 2.83. The second-order valence-electron chi connectivity index (χ2n) is 2.93. The van der Waals surface area contributed by atoms with Gasteiger partial charge in [0.25, 0.3) is 0 Å². The molecule has 0 aliphatic heterocycles. The molecule has 0 atom stereocenters. The predicted molar refractivity (Wildman–Crippen MR) is 52.7 cm³/mol. The normalized spacial score (nSPS) is 10.1. The Labute approximate surface area is 81.3 Å². The van der Waals surface area contributed by atoms with Crippen LogP contribution in [0.15, 0.2) is 36.5 Å². The molecular weight excluding hydrogens is 181 g/mol. The summed E-state index contributed by atoms with van der Waals surface area (Å²) in [6.45, 7) is 0. The Hall–Kier alpha value is -1.77. The minimum Gasteiger partial charge on any atom is -0.496 e. The number of aromatic nitrogens is 1. The summed E-state index contributed by atoms with van der Waals surface area (Å²) in [4.78, 5) is 3.01. The fraction of sp³-hybridized carbons (Fsp3) is 0.0909. The lowest BCUT2D eigenvalue weighted by molar-refractivity contribution is 0.415. The van der Waals surface area contributed by atoms with E-state index in [4.69, 9.17) is 4.74 Å². The second-order valence-corrected chi connectivity index (χ2v) is 2.93. The molecule has 1 heterocycles. The van der Waals surface area contributed by atoms with Crippen LogP contribution in [0.2, 0.25) is 0 Å². The highest BCUT2D eigenvalue weighted by atomic mass is 19.1.